The first-order valence-electron chi connectivity index (χ1n) is 6.11. The van der Waals surface area contributed by atoms with E-state index in [-0.39, 0.29) is 17.1 Å². The normalized spacial score (nSPS) is 29.7. The van der Waals surface area contributed by atoms with Crippen LogP contribution in [-0.2, 0) is 0 Å². The van der Waals surface area contributed by atoms with E-state index in [0.717, 1.165) is 0 Å². The van der Waals surface area contributed by atoms with Crippen molar-refractivity contribution < 1.29 is 5.11 Å². The quantitative estimate of drug-likeness (QED) is 0.609. The summed E-state index contributed by atoms with van der Waals surface area (Å²) in [5.74, 6) is 2.81. The lowest BCUT2D eigenvalue weighted by Gasteiger charge is -2.20. The minimum atomic E-state index is -0.788. The van der Waals surface area contributed by atoms with E-state index in [0.29, 0.717) is 24.0 Å². The van der Waals surface area contributed by atoms with Crippen LogP contribution in [0.25, 0.3) is 11.2 Å². The summed E-state index contributed by atoms with van der Waals surface area (Å²) in [6.45, 7) is 3.94. The molecule has 1 radical (unpaired) electrons. The second kappa shape index (κ2) is 4.33. The molecule has 0 spiro atoms. The van der Waals surface area contributed by atoms with Gasteiger partial charge in [0, 0.05) is 6.04 Å². The number of aliphatic hydroxyl groups excluding tert-OH is 1. The second-order valence-corrected chi connectivity index (χ2v) is 5.45. The van der Waals surface area contributed by atoms with Crippen LogP contribution < -0.4 is 5.73 Å². The monoisotopic (exact) mass is 290 g/mol. The van der Waals surface area contributed by atoms with Crippen molar-refractivity contribution in [1.82, 2.24) is 19.5 Å². The molecule has 0 bridgehead atoms. The van der Waals surface area contributed by atoms with Gasteiger partial charge in [0.1, 0.15) is 5.52 Å². The Bertz CT molecular complexity index is 721. The molecule has 3 N–H and O–H groups in total. The Labute approximate surface area is 121 Å². The maximum atomic E-state index is 10.1. The van der Waals surface area contributed by atoms with Gasteiger partial charge in [-0.2, -0.15) is 9.97 Å². The number of aromatic nitrogens is 4. The molecule has 20 heavy (non-hydrogen) atoms. The zero-order valence-corrected chi connectivity index (χ0v) is 11.4. The van der Waals surface area contributed by atoms with Gasteiger partial charge in [-0.25, -0.2) is 4.98 Å². The topological polar surface area (TPSA) is 89.9 Å². The standard InChI is InChI=1S/C13H13ClN5O/c1-3-13(2)5-7(4-8(13)20)19-6-16-9-10(15)17-12(14)18-11(9)19/h1,6-8,20H,2,4-5H2,(H2,15,17,18)/t7-,8-,13+/m1/s1. The zero-order chi connectivity index (χ0) is 14.5. The summed E-state index contributed by atoms with van der Waals surface area (Å²) < 4.78 is 1.83. The largest absolute Gasteiger partial charge is 0.391 e. The van der Waals surface area contributed by atoms with Gasteiger partial charge in [0.25, 0.3) is 0 Å². The van der Waals surface area contributed by atoms with E-state index < -0.39 is 11.5 Å². The van der Waals surface area contributed by atoms with Crippen LogP contribution in [0.2, 0.25) is 5.28 Å². The fraction of sp³-hybridized carbons (Fsp3) is 0.385. The lowest BCUT2D eigenvalue weighted by atomic mass is 9.88. The molecular formula is C13H13ClN5O. The maximum Gasteiger partial charge on any atom is 0.226 e. The van der Waals surface area contributed by atoms with Gasteiger partial charge >= 0.3 is 0 Å². The predicted octanol–water partition coefficient (Wildman–Crippen LogP) is 1.21. The number of nitrogens with zero attached hydrogens (tertiary/aromatic N) is 4. The summed E-state index contributed by atoms with van der Waals surface area (Å²) >= 11 is 5.83. The summed E-state index contributed by atoms with van der Waals surface area (Å²) in [4.78, 5) is 12.2. The van der Waals surface area contributed by atoms with E-state index in [1.165, 1.54) is 0 Å². The lowest BCUT2D eigenvalue weighted by molar-refractivity contribution is 0.119. The average molecular weight is 291 g/mol. The Kier molecular flexibility index (Phi) is 2.85. The Morgan fingerprint density at radius 1 is 1.60 bits per heavy atom. The molecule has 0 unspecified atom stereocenters. The number of hydrogen-bond donors (Lipinski definition) is 2. The number of nitrogens with two attached hydrogens (primary N) is 1. The van der Waals surface area contributed by atoms with Gasteiger partial charge in [0.2, 0.25) is 5.28 Å². The van der Waals surface area contributed by atoms with Crippen molar-refractivity contribution in [2.24, 2.45) is 5.41 Å². The van der Waals surface area contributed by atoms with Crippen LogP contribution in [0.1, 0.15) is 18.9 Å². The van der Waals surface area contributed by atoms with Crippen LogP contribution in [0.3, 0.4) is 0 Å². The molecule has 0 saturated heterocycles. The Hall–Kier alpha value is -1.84. The molecule has 0 aromatic carbocycles. The molecule has 0 amide bonds. The van der Waals surface area contributed by atoms with Crippen LogP contribution in [0.5, 0.6) is 0 Å². The van der Waals surface area contributed by atoms with Crippen LogP contribution >= 0.6 is 11.6 Å². The summed E-state index contributed by atoms with van der Waals surface area (Å²) in [6, 6.07) is -0.0473. The first-order valence-corrected chi connectivity index (χ1v) is 6.49. The predicted molar refractivity (Wildman–Crippen MR) is 75.6 cm³/mol. The van der Waals surface area contributed by atoms with Crippen molar-refractivity contribution in [1.29, 1.82) is 0 Å². The third-order valence-corrected chi connectivity index (χ3v) is 4.00. The van der Waals surface area contributed by atoms with Crippen molar-refractivity contribution >= 4 is 28.6 Å². The highest BCUT2D eigenvalue weighted by Gasteiger charge is 2.43. The van der Waals surface area contributed by atoms with Gasteiger partial charge in [-0.15, -0.1) is 6.42 Å². The highest BCUT2D eigenvalue weighted by Crippen LogP contribution is 2.44. The molecule has 103 valence electrons. The third-order valence-electron chi connectivity index (χ3n) is 3.84. The van der Waals surface area contributed by atoms with E-state index in [4.69, 9.17) is 23.8 Å². The first-order chi connectivity index (χ1) is 9.44. The number of anilines is 1. The number of nitrogen functional groups attached to an aromatic ring is 1. The van der Waals surface area contributed by atoms with Crippen molar-refractivity contribution in [2.75, 3.05) is 5.73 Å². The highest BCUT2D eigenvalue weighted by molar-refractivity contribution is 6.28. The van der Waals surface area contributed by atoms with Gasteiger partial charge in [0.15, 0.2) is 11.5 Å². The fourth-order valence-corrected chi connectivity index (χ4v) is 2.84. The molecular weight excluding hydrogens is 278 g/mol. The van der Waals surface area contributed by atoms with Crippen molar-refractivity contribution in [3.8, 4) is 12.3 Å². The molecule has 2 heterocycles. The molecule has 3 atom stereocenters. The molecule has 1 saturated carbocycles. The molecule has 1 aliphatic rings. The van der Waals surface area contributed by atoms with Crippen molar-refractivity contribution in [2.45, 2.75) is 25.0 Å². The zero-order valence-electron chi connectivity index (χ0n) is 10.6. The minimum absolute atomic E-state index is 0.0473. The van der Waals surface area contributed by atoms with E-state index in [2.05, 4.69) is 27.8 Å². The molecule has 2 aromatic heterocycles. The lowest BCUT2D eigenvalue weighted by Crippen LogP contribution is -2.24. The molecule has 1 fully saturated rings. The molecule has 1 aliphatic carbocycles. The van der Waals surface area contributed by atoms with E-state index >= 15 is 0 Å². The van der Waals surface area contributed by atoms with Gasteiger partial charge in [0.05, 0.1) is 17.8 Å². The summed E-state index contributed by atoms with van der Waals surface area (Å²) in [7, 11) is 0. The summed E-state index contributed by atoms with van der Waals surface area (Å²) in [5.41, 5.74) is 6.02. The van der Waals surface area contributed by atoms with Crippen LogP contribution in [0.15, 0.2) is 6.33 Å². The molecule has 2 aromatic rings. The summed E-state index contributed by atoms with van der Waals surface area (Å²) in [6.07, 6.45) is 7.45. The molecule has 6 nitrogen and oxygen atoms in total. The highest BCUT2D eigenvalue weighted by atomic mass is 35.5. The van der Waals surface area contributed by atoms with Gasteiger partial charge in [-0.05, 0) is 31.4 Å². The number of aliphatic hydroxyl groups is 1. The van der Waals surface area contributed by atoms with E-state index in [9.17, 15) is 5.11 Å². The SMILES string of the molecule is C#C[C@@]1([CH2])C[C@H](n2cnc3c(N)nc(Cl)nc32)C[C@H]1O. The molecule has 7 heteroatoms. The summed E-state index contributed by atoms with van der Waals surface area (Å²) in [5, 5.41) is 10.1. The fourth-order valence-electron chi connectivity index (χ4n) is 2.67. The maximum absolute atomic E-state index is 10.1. The number of terminal acetylenes is 1. The van der Waals surface area contributed by atoms with Crippen LogP contribution in [0, 0.1) is 24.7 Å². The minimum Gasteiger partial charge on any atom is -0.391 e. The second-order valence-electron chi connectivity index (χ2n) is 5.11. The molecule has 0 aliphatic heterocycles. The number of halogens is 1. The van der Waals surface area contributed by atoms with Gasteiger partial charge in [-0.3, -0.25) is 0 Å². The van der Waals surface area contributed by atoms with Gasteiger partial charge in [-0.1, -0.05) is 5.92 Å². The van der Waals surface area contributed by atoms with Crippen molar-refractivity contribution in [3.63, 3.8) is 0 Å². The number of rotatable bonds is 1. The third kappa shape index (κ3) is 1.82. The van der Waals surface area contributed by atoms with E-state index in [1.807, 2.05) is 4.57 Å². The van der Waals surface area contributed by atoms with Crippen LogP contribution in [0.4, 0.5) is 5.82 Å². The van der Waals surface area contributed by atoms with Crippen molar-refractivity contribution in [3.05, 3.63) is 18.5 Å². The smallest absolute Gasteiger partial charge is 0.226 e. The Morgan fingerprint density at radius 3 is 3.00 bits per heavy atom. The average Bonchev–Trinajstić information content (AvgIpc) is 2.92. The number of hydrogen-bond acceptors (Lipinski definition) is 5. The number of fused-ring (bicyclic) bond motifs is 1. The number of imidazole rings is 1. The Balaban J connectivity index is 2.07. The molecule has 3 rings (SSSR count). The first kappa shape index (κ1) is 13.2. The van der Waals surface area contributed by atoms with Gasteiger partial charge < -0.3 is 15.4 Å². The van der Waals surface area contributed by atoms with E-state index in [1.54, 1.807) is 6.33 Å². The van der Waals surface area contributed by atoms with Crippen LogP contribution in [-0.4, -0.2) is 30.7 Å². The Morgan fingerprint density at radius 2 is 2.35 bits per heavy atom.